The Morgan fingerprint density at radius 1 is 1.00 bits per heavy atom. The molecule has 0 radical (unpaired) electrons. The largest absolute Gasteiger partial charge is 0.481 e. The Balaban J connectivity index is 1.90. The zero-order valence-corrected chi connectivity index (χ0v) is 15.0. The number of nitrogens with zero attached hydrogens (tertiary/aromatic N) is 1. The summed E-state index contributed by atoms with van der Waals surface area (Å²) in [5.74, 6) is -0.212. The van der Waals surface area contributed by atoms with E-state index in [0.29, 0.717) is 5.75 Å². The van der Waals surface area contributed by atoms with Gasteiger partial charge in [-0.3, -0.25) is 4.79 Å². The van der Waals surface area contributed by atoms with Gasteiger partial charge in [-0.25, -0.2) is 4.79 Å². The number of carbonyl (C=O) groups is 2. The molecule has 0 aromatic heterocycles. The van der Waals surface area contributed by atoms with Gasteiger partial charge >= 0.3 is 5.97 Å². The molecule has 1 unspecified atom stereocenters. The van der Waals surface area contributed by atoms with Crippen LogP contribution in [0.4, 0.5) is 5.69 Å². The van der Waals surface area contributed by atoms with Crippen LogP contribution >= 0.6 is 0 Å². The van der Waals surface area contributed by atoms with Crippen molar-refractivity contribution < 1.29 is 19.1 Å². The number of aryl methyl sites for hydroxylation is 2. The number of hydrogen-bond acceptors (Lipinski definition) is 4. The van der Waals surface area contributed by atoms with Gasteiger partial charge < -0.3 is 14.4 Å². The normalized spacial score (nSPS) is 11.5. The SMILES string of the molecule is Cc1cccc(C)c1OCC(=O)OC(C)C(=O)N(C)c1ccccc1. The summed E-state index contributed by atoms with van der Waals surface area (Å²) in [6.07, 6.45) is -0.890. The fourth-order valence-corrected chi connectivity index (χ4v) is 2.49. The molecule has 25 heavy (non-hydrogen) atoms. The summed E-state index contributed by atoms with van der Waals surface area (Å²) >= 11 is 0. The number of esters is 1. The molecule has 0 aliphatic heterocycles. The smallest absolute Gasteiger partial charge is 0.344 e. The van der Waals surface area contributed by atoms with Gasteiger partial charge in [-0.2, -0.15) is 0 Å². The van der Waals surface area contributed by atoms with Crippen molar-refractivity contribution in [1.82, 2.24) is 0 Å². The molecule has 0 spiro atoms. The van der Waals surface area contributed by atoms with E-state index in [4.69, 9.17) is 9.47 Å². The van der Waals surface area contributed by atoms with Gasteiger partial charge in [0, 0.05) is 12.7 Å². The summed E-state index contributed by atoms with van der Waals surface area (Å²) in [6, 6.07) is 14.9. The second kappa shape index (κ2) is 8.33. The van der Waals surface area contributed by atoms with Crippen LogP contribution in [0, 0.1) is 13.8 Å². The molecule has 5 nitrogen and oxygen atoms in total. The van der Waals surface area contributed by atoms with Gasteiger partial charge in [0.1, 0.15) is 5.75 Å². The Morgan fingerprint density at radius 2 is 1.60 bits per heavy atom. The molecular formula is C20H23NO4. The fourth-order valence-electron chi connectivity index (χ4n) is 2.49. The molecule has 5 heteroatoms. The van der Waals surface area contributed by atoms with Crippen LogP contribution in [-0.2, 0) is 14.3 Å². The van der Waals surface area contributed by atoms with Gasteiger partial charge in [-0.1, -0.05) is 36.4 Å². The van der Waals surface area contributed by atoms with Crippen LogP contribution in [0.15, 0.2) is 48.5 Å². The van der Waals surface area contributed by atoms with Gasteiger partial charge in [0.05, 0.1) is 0 Å². The van der Waals surface area contributed by atoms with Crippen LogP contribution < -0.4 is 9.64 Å². The molecule has 0 saturated carbocycles. The van der Waals surface area contributed by atoms with Gasteiger partial charge in [0.25, 0.3) is 5.91 Å². The highest BCUT2D eigenvalue weighted by Gasteiger charge is 2.22. The number of ether oxygens (including phenoxy) is 2. The van der Waals surface area contributed by atoms with Gasteiger partial charge in [-0.15, -0.1) is 0 Å². The molecule has 0 saturated heterocycles. The third kappa shape index (κ3) is 4.83. The van der Waals surface area contributed by atoms with Crippen molar-refractivity contribution in [2.45, 2.75) is 26.9 Å². The number of rotatable bonds is 6. The Labute approximate surface area is 148 Å². The first-order valence-corrected chi connectivity index (χ1v) is 8.11. The maximum absolute atomic E-state index is 12.4. The van der Waals surface area contributed by atoms with Crippen LogP contribution in [0.1, 0.15) is 18.1 Å². The van der Waals surface area contributed by atoms with Crippen molar-refractivity contribution in [2.75, 3.05) is 18.6 Å². The minimum absolute atomic E-state index is 0.238. The Morgan fingerprint density at radius 3 is 2.20 bits per heavy atom. The van der Waals surface area contributed by atoms with E-state index in [1.807, 2.05) is 62.4 Å². The van der Waals surface area contributed by atoms with E-state index in [9.17, 15) is 9.59 Å². The first-order valence-electron chi connectivity index (χ1n) is 8.11. The van der Waals surface area contributed by atoms with Crippen molar-refractivity contribution in [3.8, 4) is 5.75 Å². The molecule has 2 rings (SSSR count). The first-order chi connectivity index (χ1) is 11.9. The summed E-state index contributed by atoms with van der Waals surface area (Å²) in [7, 11) is 1.65. The maximum Gasteiger partial charge on any atom is 0.344 e. The lowest BCUT2D eigenvalue weighted by Gasteiger charge is -2.21. The Kier molecular flexibility index (Phi) is 6.17. The molecule has 132 valence electrons. The molecule has 2 aromatic rings. The highest BCUT2D eigenvalue weighted by molar-refractivity contribution is 5.96. The zero-order chi connectivity index (χ0) is 18.4. The molecule has 0 fully saturated rings. The first kappa shape index (κ1) is 18.5. The van der Waals surface area contributed by atoms with Crippen LogP contribution in [0.3, 0.4) is 0 Å². The predicted molar refractivity (Wildman–Crippen MR) is 96.8 cm³/mol. The zero-order valence-electron chi connectivity index (χ0n) is 15.0. The molecule has 0 N–H and O–H groups in total. The third-order valence-corrected chi connectivity index (χ3v) is 3.87. The summed E-state index contributed by atoms with van der Waals surface area (Å²) in [5.41, 5.74) is 2.63. The maximum atomic E-state index is 12.4. The standard InChI is InChI=1S/C20H23NO4/c1-14-9-8-10-15(2)19(14)24-13-18(22)25-16(3)20(23)21(4)17-11-6-5-7-12-17/h5-12,16H,13H2,1-4H3. The number of carbonyl (C=O) groups excluding carboxylic acids is 2. The van der Waals surface area contributed by atoms with Crippen molar-refractivity contribution >= 4 is 17.6 Å². The molecular weight excluding hydrogens is 318 g/mol. The molecule has 0 bridgehead atoms. The van der Waals surface area contributed by atoms with Crippen LogP contribution in [-0.4, -0.2) is 31.6 Å². The van der Waals surface area contributed by atoms with E-state index in [1.165, 1.54) is 4.90 Å². The van der Waals surface area contributed by atoms with E-state index in [1.54, 1.807) is 14.0 Å². The average molecular weight is 341 g/mol. The van der Waals surface area contributed by atoms with Crippen molar-refractivity contribution in [3.63, 3.8) is 0 Å². The van der Waals surface area contributed by atoms with Crippen molar-refractivity contribution in [3.05, 3.63) is 59.7 Å². The molecule has 0 aliphatic rings. The second-order valence-corrected chi connectivity index (χ2v) is 5.87. The topological polar surface area (TPSA) is 55.8 Å². The Hall–Kier alpha value is -2.82. The number of anilines is 1. The molecule has 0 aliphatic carbocycles. The summed E-state index contributed by atoms with van der Waals surface area (Å²) in [5, 5.41) is 0. The quantitative estimate of drug-likeness (QED) is 0.757. The number of benzene rings is 2. The second-order valence-electron chi connectivity index (χ2n) is 5.87. The summed E-state index contributed by atoms with van der Waals surface area (Å²) in [6.45, 7) is 5.14. The molecule has 1 atom stereocenters. The van der Waals surface area contributed by atoms with Gasteiger partial charge in [-0.05, 0) is 44.0 Å². The average Bonchev–Trinajstić information content (AvgIpc) is 2.60. The Bertz CT molecular complexity index is 722. The van der Waals surface area contributed by atoms with Crippen LogP contribution in [0.25, 0.3) is 0 Å². The predicted octanol–water partition coefficient (Wildman–Crippen LogP) is 3.28. The molecule has 1 amide bonds. The minimum atomic E-state index is -0.890. The summed E-state index contributed by atoms with van der Waals surface area (Å²) < 4.78 is 10.8. The van der Waals surface area contributed by atoms with E-state index < -0.39 is 12.1 Å². The highest BCUT2D eigenvalue weighted by Crippen LogP contribution is 2.22. The van der Waals surface area contributed by atoms with Gasteiger partial charge in [0.2, 0.25) is 0 Å². The molecule has 2 aromatic carbocycles. The van der Waals surface area contributed by atoms with E-state index >= 15 is 0 Å². The number of para-hydroxylation sites is 2. The van der Waals surface area contributed by atoms with Crippen LogP contribution in [0.5, 0.6) is 5.75 Å². The van der Waals surface area contributed by atoms with Crippen molar-refractivity contribution in [1.29, 1.82) is 0 Å². The highest BCUT2D eigenvalue weighted by atomic mass is 16.6. The number of amides is 1. The van der Waals surface area contributed by atoms with Crippen LogP contribution in [0.2, 0.25) is 0 Å². The lowest BCUT2D eigenvalue weighted by atomic mass is 10.1. The fraction of sp³-hybridized carbons (Fsp3) is 0.300. The monoisotopic (exact) mass is 341 g/mol. The third-order valence-electron chi connectivity index (χ3n) is 3.87. The van der Waals surface area contributed by atoms with Crippen molar-refractivity contribution in [2.24, 2.45) is 0 Å². The molecule has 0 heterocycles. The summed E-state index contributed by atoms with van der Waals surface area (Å²) in [4.78, 5) is 25.8. The lowest BCUT2D eigenvalue weighted by Crippen LogP contribution is -2.38. The van der Waals surface area contributed by atoms with E-state index in [-0.39, 0.29) is 12.5 Å². The van der Waals surface area contributed by atoms with E-state index in [0.717, 1.165) is 16.8 Å². The van der Waals surface area contributed by atoms with E-state index in [2.05, 4.69) is 0 Å². The lowest BCUT2D eigenvalue weighted by molar-refractivity contribution is -0.155. The van der Waals surface area contributed by atoms with Gasteiger partial charge in [0.15, 0.2) is 12.7 Å². The number of hydrogen-bond donors (Lipinski definition) is 0. The minimum Gasteiger partial charge on any atom is -0.481 e. The number of likely N-dealkylation sites (N-methyl/N-ethyl adjacent to an activating group) is 1.